The Hall–Kier alpha value is -2.55. The molecular weight excluding hydrogens is 399 g/mol. The number of esters is 1. The maximum absolute atomic E-state index is 13.3. The van der Waals surface area contributed by atoms with Crippen molar-refractivity contribution in [1.82, 2.24) is 0 Å². The van der Waals surface area contributed by atoms with E-state index >= 15 is 0 Å². The van der Waals surface area contributed by atoms with Crippen LogP contribution in [0, 0.1) is 11.3 Å². The van der Waals surface area contributed by atoms with Gasteiger partial charge in [-0.2, -0.15) is 5.26 Å². The summed E-state index contributed by atoms with van der Waals surface area (Å²) in [6.07, 6.45) is 3.13. The van der Waals surface area contributed by atoms with Crippen LogP contribution < -0.4 is 10.1 Å². The van der Waals surface area contributed by atoms with Crippen molar-refractivity contribution >= 4 is 40.8 Å². The number of hydrogen-bond acceptors (Lipinski definition) is 4. The summed E-state index contributed by atoms with van der Waals surface area (Å²) in [4.78, 5) is 24.4. The Morgan fingerprint density at radius 2 is 1.86 bits per heavy atom. The molecule has 0 aromatic heterocycles. The van der Waals surface area contributed by atoms with E-state index in [1.165, 1.54) is 19.1 Å². The summed E-state index contributed by atoms with van der Waals surface area (Å²) in [5.74, 6) is -0.452. The lowest BCUT2D eigenvalue weighted by Gasteiger charge is -2.29. The molecule has 0 atom stereocenters. The van der Waals surface area contributed by atoms with E-state index in [-0.39, 0.29) is 17.2 Å². The van der Waals surface area contributed by atoms with Gasteiger partial charge < -0.3 is 10.1 Å². The molecule has 0 unspecified atom stereocenters. The molecule has 2 aromatic rings. The first-order valence-electron chi connectivity index (χ1n) is 8.85. The quantitative estimate of drug-likeness (QED) is 0.545. The van der Waals surface area contributed by atoms with Crippen LogP contribution >= 0.6 is 23.2 Å². The number of nitrogens with zero attached hydrogens (tertiary/aromatic N) is 1. The second-order valence-corrected chi connectivity index (χ2v) is 7.62. The van der Waals surface area contributed by atoms with E-state index in [0.29, 0.717) is 28.6 Å². The van der Waals surface area contributed by atoms with E-state index in [4.69, 9.17) is 27.9 Å². The topological polar surface area (TPSA) is 79.2 Å². The van der Waals surface area contributed by atoms with Crippen molar-refractivity contribution in [2.24, 2.45) is 0 Å². The number of rotatable bonds is 4. The van der Waals surface area contributed by atoms with Gasteiger partial charge in [0.1, 0.15) is 11.8 Å². The van der Waals surface area contributed by atoms with Crippen molar-refractivity contribution in [3.05, 3.63) is 57.6 Å². The first-order valence-corrected chi connectivity index (χ1v) is 9.61. The van der Waals surface area contributed by atoms with Crippen LogP contribution in [0.1, 0.15) is 43.7 Å². The number of ether oxygens (including phenoxy) is 1. The number of nitriles is 1. The normalized spacial score (nSPS) is 14.9. The molecule has 0 spiro atoms. The van der Waals surface area contributed by atoms with Crippen molar-refractivity contribution in [2.75, 3.05) is 5.32 Å². The number of carbonyl (C=O) groups excluding carboxylic acids is 2. The van der Waals surface area contributed by atoms with Gasteiger partial charge in [0.25, 0.3) is 0 Å². The summed E-state index contributed by atoms with van der Waals surface area (Å²) in [5, 5.41) is 13.3. The van der Waals surface area contributed by atoms with Crippen molar-refractivity contribution in [3.63, 3.8) is 0 Å². The Kier molecular flexibility index (Phi) is 5.93. The van der Waals surface area contributed by atoms with E-state index in [9.17, 15) is 14.9 Å². The van der Waals surface area contributed by atoms with Gasteiger partial charge in [-0.1, -0.05) is 42.1 Å². The smallest absolute Gasteiger partial charge is 0.308 e. The highest BCUT2D eigenvalue weighted by Gasteiger charge is 2.44. The molecule has 1 amide bonds. The molecule has 1 fully saturated rings. The maximum Gasteiger partial charge on any atom is 0.308 e. The monoisotopic (exact) mass is 416 g/mol. The Bertz CT molecular complexity index is 976. The summed E-state index contributed by atoms with van der Waals surface area (Å²) in [6, 6.07) is 11.7. The molecule has 0 saturated heterocycles. The van der Waals surface area contributed by atoms with Gasteiger partial charge in [-0.25, -0.2) is 0 Å². The number of benzene rings is 2. The zero-order valence-corrected chi connectivity index (χ0v) is 16.7. The van der Waals surface area contributed by atoms with E-state index in [2.05, 4.69) is 5.32 Å². The minimum Gasteiger partial charge on any atom is -0.427 e. The Labute approximate surface area is 173 Å². The highest BCUT2D eigenvalue weighted by molar-refractivity contribution is 6.35. The fourth-order valence-corrected chi connectivity index (χ4v) is 4.26. The molecular formula is C21H18Cl2N2O3. The third-order valence-corrected chi connectivity index (χ3v) is 5.51. The Morgan fingerprint density at radius 1 is 1.14 bits per heavy atom. The zero-order chi connectivity index (χ0) is 20.3. The van der Waals surface area contributed by atoms with Crippen LogP contribution in [0.15, 0.2) is 36.4 Å². The second kappa shape index (κ2) is 8.22. The molecule has 3 rings (SSSR count). The van der Waals surface area contributed by atoms with Gasteiger partial charge >= 0.3 is 5.97 Å². The summed E-state index contributed by atoms with van der Waals surface area (Å²) < 4.78 is 5.00. The summed E-state index contributed by atoms with van der Waals surface area (Å²) in [6.45, 7) is 1.28. The second-order valence-electron chi connectivity index (χ2n) is 6.78. The third-order valence-electron chi connectivity index (χ3n) is 4.96. The predicted octanol–water partition coefficient (Wildman–Crippen LogP) is 5.24. The van der Waals surface area contributed by atoms with Gasteiger partial charge in [0.05, 0.1) is 16.7 Å². The number of anilines is 1. The Balaban J connectivity index is 1.94. The van der Waals surface area contributed by atoms with Gasteiger partial charge in [-0.3, -0.25) is 9.59 Å². The van der Waals surface area contributed by atoms with E-state index in [0.717, 1.165) is 18.4 Å². The van der Waals surface area contributed by atoms with E-state index < -0.39 is 11.4 Å². The lowest BCUT2D eigenvalue weighted by Crippen LogP contribution is -2.38. The molecule has 144 valence electrons. The van der Waals surface area contributed by atoms with Gasteiger partial charge in [0.15, 0.2) is 0 Å². The fourth-order valence-electron chi connectivity index (χ4n) is 3.67. The van der Waals surface area contributed by atoms with Crippen molar-refractivity contribution in [1.29, 1.82) is 5.26 Å². The number of hydrogen-bond donors (Lipinski definition) is 1. The molecule has 0 aliphatic heterocycles. The summed E-state index contributed by atoms with van der Waals surface area (Å²) in [7, 11) is 0. The summed E-state index contributed by atoms with van der Waals surface area (Å²) >= 11 is 12.4. The average molecular weight is 417 g/mol. The van der Waals surface area contributed by atoms with Gasteiger partial charge in [0, 0.05) is 23.0 Å². The lowest BCUT2D eigenvalue weighted by atomic mass is 9.77. The van der Waals surface area contributed by atoms with Crippen LogP contribution in [-0.4, -0.2) is 11.9 Å². The molecule has 1 saturated carbocycles. The molecule has 1 N–H and O–H groups in total. The first-order chi connectivity index (χ1) is 13.4. The molecule has 1 aliphatic rings. The standard InChI is InChI=1S/C21H18Cl2N2O3/c1-13(26)28-16-5-7-19(14(10-16)12-24)25-20(27)21(8-2-3-9-21)17-6-4-15(22)11-18(17)23/h4-7,10-11H,2-3,8-9H2,1H3,(H,25,27). The summed E-state index contributed by atoms with van der Waals surface area (Å²) in [5.41, 5.74) is 0.536. The third kappa shape index (κ3) is 3.99. The number of carbonyl (C=O) groups is 2. The molecule has 0 heterocycles. The van der Waals surface area contributed by atoms with Crippen LogP contribution in [0.3, 0.4) is 0 Å². The molecule has 28 heavy (non-hydrogen) atoms. The van der Waals surface area contributed by atoms with E-state index in [1.54, 1.807) is 24.3 Å². The Morgan fingerprint density at radius 3 is 2.46 bits per heavy atom. The molecule has 5 nitrogen and oxygen atoms in total. The SMILES string of the molecule is CC(=O)Oc1ccc(NC(=O)C2(c3ccc(Cl)cc3Cl)CCCC2)c(C#N)c1. The number of amides is 1. The minimum absolute atomic E-state index is 0.211. The van der Waals surface area contributed by atoms with E-state index in [1.807, 2.05) is 6.07 Å². The molecule has 2 aromatic carbocycles. The highest BCUT2D eigenvalue weighted by atomic mass is 35.5. The molecule has 7 heteroatoms. The van der Waals surface area contributed by atoms with Gasteiger partial charge in [0.2, 0.25) is 5.91 Å². The van der Waals surface area contributed by atoms with Crippen LogP contribution in [-0.2, 0) is 15.0 Å². The van der Waals surface area contributed by atoms with Crippen LogP contribution in [0.25, 0.3) is 0 Å². The first kappa shape index (κ1) is 20.2. The molecule has 1 aliphatic carbocycles. The maximum atomic E-state index is 13.3. The largest absolute Gasteiger partial charge is 0.427 e. The minimum atomic E-state index is -0.775. The van der Waals surface area contributed by atoms with Crippen molar-refractivity contribution in [2.45, 2.75) is 38.0 Å². The predicted molar refractivity (Wildman–Crippen MR) is 108 cm³/mol. The zero-order valence-electron chi connectivity index (χ0n) is 15.2. The average Bonchev–Trinajstić information content (AvgIpc) is 3.13. The fraction of sp³-hybridized carbons (Fsp3) is 0.286. The van der Waals surface area contributed by atoms with Crippen LogP contribution in [0.2, 0.25) is 10.0 Å². The van der Waals surface area contributed by atoms with Crippen LogP contribution in [0.5, 0.6) is 5.75 Å². The van der Waals surface area contributed by atoms with Crippen molar-refractivity contribution in [3.8, 4) is 11.8 Å². The molecule has 0 bridgehead atoms. The lowest BCUT2D eigenvalue weighted by molar-refractivity contribution is -0.131. The highest BCUT2D eigenvalue weighted by Crippen LogP contribution is 2.45. The van der Waals surface area contributed by atoms with Crippen LogP contribution in [0.4, 0.5) is 5.69 Å². The van der Waals surface area contributed by atoms with Gasteiger partial charge in [-0.05, 0) is 42.7 Å². The van der Waals surface area contributed by atoms with Gasteiger partial charge in [-0.15, -0.1) is 0 Å². The van der Waals surface area contributed by atoms with Crippen molar-refractivity contribution < 1.29 is 14.3 Å². The number of halogens is 2. The molecule has 0 radical (unpaired) electrons. The number of nitrogens with one attached hydrogen (secondary N) is 1.